The third-order valence-corrected chi connectivity index (χ3v) is 3.74. The molecule has 7 heteroatoms. The number of aromatic nitrogens is 2. The maximum absolute atomic E-state index is 12.2. The lowest BCUT2D eigenvalue weighted by molar-refractivity contribution is -0.384. The molecule has 1 amide bonds. The molecule has 0 spiro atoms. The van der Waals surface area contributed by atoms with Gasteiger partial charge < -0.3 is 5.32 Å². The maximum Gasteiger partial charge on any atom is 0.271 e. The van der Waals surface area contributed by atoms with Crippen LogP contribution in [0.3, 0.4) is 0 Å². The van der Waals surface area contributed by atoms with E-state index in [4.69, 9.17) is 0 Å². The van der Waals surface area contributed by atoms with Crippen molar-refractivity contribution < 1.29 is 9.72 Å². The predicted octanol–water partition coefficient (Wildman–Crippen LogP) is 2.52. The molecule has 3 rings (SSSR count). The number of nitrogens with one attached hydrogen (secondary N) is 1. The minimum Gasteiger partial charge on any atom is -0.324 e. The first kappa shape index (κ1) is 13.3. The van der Waals surface area contributed by atoms with Gasteiger partial charge in [-0.05, 0) is 25.0 Å². The van der Waals surface area contributed by atoms with Crippen LogP contribution in [0.1, 0.15) is 19.8 Å². The summed E-state index contributed by atoms with van der Waals surface area (Å²) in [7, 11) is 0. The SMILES string of the molecule is CC1(C(=O)Nc2cc([N+](=O)[O-])ccc2-n2cccn2)CC1. The topological polar surface area (TPSA) is 90.1 Å². The maximum atomic E-state index is 12.2. The molecule has 1 N–H and O–H groups in total. The number of carbonyl (C=O) groups excluding carboxylic acids is 1. The van der Waals surface area contributed by atoms with Gasteiger partial charge in [-0.1, -0.05) is 6.92 Å². The number of carbonyl (C=O) groups is 1. The monoisotopic (exact) mass is 286 g/mol. The fourth-order valence-electron chi connectivity index (χ4n) is 2.04. The van der Waals surface area contributed by atoms with Gasteiger partial charge in [0, 0.05) is 29.9 Å². The molecule has 0 atom stereocenters. The lowest BCUT2D eigenvalue weighted by Crippen LogP contribution is -2.22. The van der Waals surface area contributed by atoms with E-state index < -0.39 is 4.92 Å². The Bertz CT molecular complexity index is 705. The molecule has 0 bridgehead atoms. The smallest absolute Gasteiger partial charge is 0.271 e. The van der Waals surface area contributed by atoms with Gasteiger partial charge in [0.15, 0.2) is 0 Å². The second kappa shape index (κ2) is 4.69. The van der Waals surface area contributed by atoms with Crippen molar-refractivity contribution in [3.8, 4) is 5.69 Å². The molecule has 1 fully saturated rings. The summed E-state index contributed by atoms with van der Waals surface area (Å²) in [6.07, 6.45) is 5.00. The van der Waals surface area contributed by atoms with Crippen molar-refractivity contribution in [1.29, 1.82) is 0 Å². The highest BCUT2D eigenvalue weighted by Crippen LogP contribution is 2.46. The van der Waals surface area contributed by atoms with E-state index in [-0.39, 0.29) is 17.0 Å². The molecule has 0 radical (unpaired) electrons. The number of hydrogen-bond acceptors (Lipinski definition) is 4. The van der Waals surface area contributed by atoms with Crippen molar-refractivity contribution in [2.75, 3.05) is 5.32 Å². The third kappa shape index (κ3) is 2.49. The summed E-state index contributed by atoms with van der Waals surface area (Å²) >= 11 is 0. The van der Waals surface area contributed by atoms with Gasteiger partial charge in [-0.3, -0.25) is 14.9 Å². The number of nitrogens with zero attached hydrogens (tertiary/aromatic N) is 3. The number of hydrogen-bond donors (Lipinski definition) is 1. The van der Waals surface area contributed by atoms with Gasteiger partial charge in [0.25, 0.3) is 5.69 Å². The number of benzene rings is 1. The Labute approximate surface area is 120 Å². The molecule has 1 aromatic heterocycles. The molecule has 0 saturated heterocycles. The fourth-order valence-corrected chi connectivity index (χ4v) is 2.04. The molecule has 1 aromatic carbocycles. The molecule has 1 aliphatic carbocycles. The Morgan fingerprint density at radius 1 is 1.48 bits per heavy atom. The highest BCUT2D eigenvalue weighted by Gasteiger charge is 2.45. The van der Waals surface area contributed by atoms with Crippen LogP contribution in [-0.4, -0.2) is 20.6 Å². The summed E-state index contributed by atoms with van der Waals surface area (Å²) < 4.78 is 1.56. The van der Waals surface area contributed by atoms with Gasteiger partial charge in [-0.25, -0.2) is 4.68 Å². The molecule has 21 heavy (non-hydrogen) atoms. The van der Waals surface area contributed by atoms with Gasteiger partial charge in [0.1, 0.15) is 0 Å². The van der Waals surface area contributed by atoms with Gasteiger partial charge in [0.2, 0.25) is 5.91 Å². The van der Waals surface area contributed by atoms with Crippen molar-refractivity contribution in [1.82, 2.24) is 9.78 Å². The minimum atomic E-state index is -0.485. The van der Waals surface area contributed by atoms with Crippen molar-refractivity contribution >= 4 is 17.3 Å². The molecule has 1 heterocycles. The van der Waals surface area contributed by atoms with Crippen molar-refractivity contribution in [2.45, 2.75) is 19.8 Å². The Hall–Kier alpha value is -2.70. The molecule has 1 saturated carbocycles. The highest BCUT2D eigenvalue weighted by atomic mass is 16.6. The van der Waals surface area contributed by atoms with E-state index in [2.05, 4.69) is 10.4 Å². The Morgan fingerprint density at radius 3 is 2.81 bits per heavy atom. The van der Waals surface area contributed by atoms with Gasteiger partial charge in [0.05, 0.1) is 16.3 Å². The molecule has 1 aliphatic rings. The number of non-ortho nitro benzene ring substituents is 1. The lowest BCUT2D eigenvalue weighted by Gasteiger charge is -2.13. The summed E-state index contributed by atoms with van der Waals surface area (Å²) in [5.74, 6) is -0.114. The van der Waals surface area contributed by atoms with Crippen LogP contribution in [0.25, 0.3) is 5.69 Å². The van der Waals surface area contributed by atoms with Crippen LogP contribution in [-0.2, 0) is 4.79 Å². The van der Waals surface area contributed by atoms with E-state index in [9.17, 15) is 14.9 Å². The van der Waals surface area contributed by atoms with Crippen molar-refractivity contribution in [2.24, 2.45) is 5.41 Å². The zero-order valence-corrected chi connectivity index (χ0v) is 11.4. The first-order valence-electron chi connectivity index (χ1n) is 6.59. The molecular formula is C14H14N4O3. The van der Waals surface area contributed by atoms with E-state index in [1.807, 2.05) is 6.92 Å². The number of amides is 1. The van der Waals surface area contributed by atoms with E-state index in [1.54, 1.807) is 29.2 Å². The van der Waals surface area contributed by atoms with Crippen molar-refractivity contribution in [3.05, 3.63) is 46.8 Å². The Morgan fingerprint density at radius 2 is 2.24 bits per heavy atom. The van der Waals surface area contributed by atoms with Crippen LogP contribution < -0.4 is 5.32 Å². The van der Waals surface area contributed by atoms with Gasteiger partial charge >= 0.3 is 0 Å². The quantitative estimate of drug-likeness (QED) is 0.690. The van der Waals surface area contributed by atoms with E-state index in [0.29, 0.717) is 11.4 Å². The summed E-state index contributed by atoms with van der Waals surface area (Å²) in [5, 5.41) is 17.8. The summed E-state index contributed by atoms with van der Waals surface area (Å²) in [6, 6.07) is 6.08. The summed E-state index contributed by atoms with van der Waals surface area (Å²) in [4.78, 5) is 22.6. The third-order valence-electron chi connectivity index (χ3n) is 3.74. The van der Waals surface area contributed by atoms with Crippen LogP contribution in [0.2, 0.25) is 0 Å². The molecule has 0 aliphatic heterocycles. The fraction of sp³-hybridized carbons (Fsp3) is 0.286. The van der Waals surface area contributed by atoms with E-state index in [0.717, 1.165) is 12.8 Å². The number of nitro benzene ring substituents is 1. The second-order valence-corrected chi connectivity index (χ2v) is 5.42. The minimum absolute atomic E-state index is 0.0674. The van der Waals surface area contributed by atoms with Crippen molar-refractivity contribution in [3.63, 3.8) is 0 Å². The molecule has 2 aromatic rings. The van der Waals surface area contributed by atoms with Gasteiger partial charge in [-0.2, -0.15) is 5.10 Å². The predicted molar refractivity (Wildman–Crippen MR) is 76.2 cm³/mol. The van der Waals surface area contributed by atoms with E-state index in [1.165, 1.54) is 12.1 Å². The molecule has 7 nitrogen and oxygen atoms in total. The summed E-state index contributed by atoms with van der Waals surface area (Å²) in [5.41, 5.74) is 0.572. The first-order chi connectivity index (χ1) is 9.99. The number of rotatable bonds is 4. The van der Waals surface area contributed by atoms with Crippen LogP contribution in [0.15, 0.2) is 36.7 Å². The second-order valence-electron chi connectivity index (χ2n) is 5.42. The van der Waals surface area contributed by atoms with E-state index >= 15 is 0 Å². The standard InChI is InChI=1S/C14H14N4O3/c1-14(5-6-14)13(19)16-11-9-10(18(20)21)3-4-12(11)17-8-2-7-15-17/h2-4,7-9H,5-6H2,1H3,(H,16,19). The number of anilines is 1. The van der Waals surface area contributed by atoms with Crippen LogP contribution in [0, 0.1) is 15.5 Å². The number of nitro groups is 1. The Kier molecular flexibility index (Phi) is 2.97. The zero-order valence-electron chi connectivity index (χ0n) is 11.4. The van der Waals surface area contributed by atoms with Crippen LogP contribution in [0.5, 0.6) is 0 Å². The lowest BCUT2D eigenvalue weighted by atomic mass is 10.1. The van der Waals surface area contributed by atoms with Gasteiger partial charge in [-0.15, -0.1) is 0 Å². The average molecular weight is 286 g/mol. The van der Waals surface area contributed by atoms with Crippen LogP contribution >= 0.6 is 0 Å². The highest BCUT2D eigenvalue weighted by molar-refractivity contribution is 5.98. The Balaban J connectivity index is 2.00. The normalized spacial score (nSPS) is 15.5. The largest absolute Gasteiger partial charge is 0.324 e. The average Bonchev–Trinajstić information content (AvgIpc) is 3.01. The first-order valence-corrected chi connectivity index (χ1v) is 6.59. The van der Waals surface area contributed by atoms with Crippen LogP contribution in [0.4, 0.5) is 11.4 Å². The summed E-state index contributed by atoms with van der Waals surface area (Å²) in [6.45, 7) is 1.88. The molecule has 108 valence electrons. The molecular weight excluding hydrogens is 272 g/mol. The zero-order chi connectivity index (χ0) is 15.0. The molecule has 0 unspecified atom stereocenters.